The first-order chi connectivity index (χ1) is 15.5. The number of hydrogen-bond donors (Lipinski definition) is 1. The number of anilines is 1. The van der Waals surface area contributed by atoms with Crippen molar-refractivity contribution in [3.63, 3.8) is 0 Å². The Bertz CT molecular complexity index is 919. The number of nitrogens with zero attached hydrogens (tertiary/aromatic N) is 1. The summed E-state index contributed by atoms with van der Waals surface area (Å²) in [5.74, 6) is -2.99. The van der Waals surface area contributed by atoms with Crippen molar-refractivity contribution in [2.45, 2.75) is 58.3 Å². The molecule has 0 amide bonds. The van der Waals surface area contributed by atoms with Crippen LogP contribution in [0.2, 0.25) is 0 Å². The SMILES string of the molecule is CC(=O)OC[C@@H]1O[C@H](Nc2ccccc2[N+](=O)[O-])[C@H](OC(C)=O)[C@H](OC(C)=O)[C@@H]1OC(C)=O. The van der Waals surface area contributed by atoms with E-state index in [1.807, 2.05) is 0 Å². The summed E-state index contributed by atoms with van der Waals surface area (Å²) in [6, 6.07) is 5.62. The lowest BCUT2D eigenvalue weighted by Gasteiger charge is -2.44. The highest BCUT2D eigenvalue weighted by atomic mass is 16.7. The molecule has 0 saturated carbocycles. The molecule has 33 heavy (non-hydrogen) atoms. The van der Waals surface area contributed by atoms with Crippen molar-refractivity contribution in [1.82, 2.24) is 0 Å². The quantitative estimate of drug-likeness (QED) is 0.250. The van der Waals surface area contributed by atoms with E-state index in [1.54, 1.807) is 0 Å². The number of nitro groups is 1. The second kappa shape index (κ2) is 11.2. The van der Waals surface area contributed by atoms with Crippen LogP contribution in [0, 0.1) is 10.1 Å². The van der Waals surface area contributed by atoms with Gasteiger partial charge in [0.2, 0.25) is 0 Å². The fourth-order valence-electron chi connectivity index (χ4n) is 3.25. The Labute approximate surface area is 188 Å². The van der Waals surface area contributed by atoms with Crippen LogP contribution in [0.1, 0.15) is 27.7 Å². The topological polar surface area (TPSA) is 170 Å². The molecule has 1 aliphatic heterocycles. The number of benzene rings is 1. The van der Waals surface area contributed by atoms with Crippen molar-refractivity contribution < 1.29 is 47.8 Å². The van der Waals surface area contributed by atoms with Gasteiger partial charge in [-0.25, -0.2) is 0 Å². The first-order valence-corrected chi connectivity index (χ1v) is 9.80. The molecule has 0 spiro atoms. The predicted molar refractivity (Wildman–Crippen MR) is 109 cm³/mol. The first kappa shape index (κ1) is 25.5. The first-order valence-electron chi connectivity index (χ1n) is 9.80. The second-order valence-electron chi connectivity index (χ2n) is 7.04. The molecule has 5 atom stereocenters. The molecule has 0 radical (unpaired) electrons. The molecule has 13 nitrogen and oxygen atoms in total. The summed E-state index contributed by atoms with van der Waals surface area (Å²) in [5.41, 5.74) is -0.284. The van der Waals surface area contributed by atoms with Gasteiger partial charge in [0.25, 0.3) is 5.69 Å². The highest BCUT2D eigenvalue weighted by Gasteiger charge is 2.52. The third-order valence-corrected chi connectivity index (χ3v) is 4.39. The molecule has 1 aromatic rings. The van der Waals surface area contributed by atoms with Crippen molar-refractivity contribution in [2.24, 2.45) is 0 Å². The minimum absolute atomic E-state index is 0.0170. The Morgan fingerprint density at radius 3 is 2.00 bits per heavy atom. The molecule has 13 heteroatoms. The van der Waals surface area contributed by atoms with Gasteiger partial charge in [-0.3, -0.25) is 29.3 Å². The van der Waals surface area contributed by atoms with E-state index >= 15 is 0 Å². The molecule has 0 aliphatic carbocycles. The molecule has 0 aromatic heterocycles. The van der Waals surface area contributed by atoms with Crippen LogP contribution in [0.15, 0.2) is 24.3 Å². The van der Waals surface area contributed by atoms with E-state index in [-0.39, 0.29) is 11.4 Å². The van der Waals surface area contributed by atoms with Gasteiger partial charge in [-0.2, -0.15) is 0 Å². The normalized spacial score (nSPS) is 24.2. The molecule has 1 aliphatic rings. The number of hydrogen-bond acceptors (Lipinski definition) is 12. The van der Waals surface area contributed by atoms with Gasteiger partial charge >= 0.3 is 23.9 Å². The summed E-state index contributed by atoms with van der Waals surface area (Å²) < 4.78 is 26.7. The molecule has 1 N–H and O–H groups in total. The van der Waals surface area contributed by atoms with Crippen LogP contribution >= 0.6 is 0 Å². The van der Waals surface area contributed by atoms with Gasteiger partial charge in [-0.1, -0.05) is 12.1 Å². The van der Waals surface area contributed by atoms with Crippen LogP contribution in [0.5, 0.6) is 0 Å². The van der Waals surface area contributed by atoms with Crippen LogP contribution in [-0.2, 0) is 42.9 Å². The third-order valence-electron chi connectivity index (χ3n) is 4.39. The number of nitrogens with one attached hydrogen (secondary N) is 1. The third kappa shape index (κ3) is 7.14. The van der Waals surface area contributed by atoms with Crippen LogP contribution in [0.4, 0.5) is 11.4 Å². The smallest absolute Gasteiger partial charge is 0.303 e. The Morgan fingerprint density at radius 2 is 1.45 bits per heavy atom. The average Bonchev–Trinajstić information content (AvgIpc) is 2.70. The van der Waals surface area contributed by atoms with E-state index in [0.29, 0.717) is 0 Å². The molecular formula is C20H24N2O11. The fourth-order valence-corrected chi connectivity index (χ4v) is 3.25. The molecule has 1 heterocycles. The van der Waals surface area contributed by atoms with Crippen molar-refractivity contribution in [3.05, 3.63) is 34.4 Å². The minimum atomic E-state index is -1.39. The van der Waals surface area contributed by atoms with Gasteiger partial charge in [0, 0.05) is 33.8 Å². The number of ether oxygens (including phenoxy) is 5. The van der Waals surface area contributed by atoms with E-state index in [0.717, 1.165) is 27.7 Å². The fraction of sp³-hybridized carbons (Fsp3) is 0.500. The number of carbonyl (C=O) groups is 4. The van der Waals surface area contributed by atoms with Crippen LogP contribution < -0.4 is 5.32 Å². The highest BCUT2D eigenvalue weighted by Crippen LogP contribution is 2.32. The van der Waals surface area contributed by atoms with Gasteiger partial charge in [0.05, 0.1) is 4.92 Å². The van der Waals surface area contributed by atoms with E-state index in [9.17, 15) is 29.3 Å². The summed E-state index contributed by atoms with van der Waals surface area (Å²) in [5, 5.41) is 14.2. The number of rotatable bonds is 8. The maximum Gasteiger partial charge on any atom is 0.303 e. The molecule has 0 unspecified atom stereocenters. The number of para-hydroxylation sites is 2. The zero-order chi connectivity index (χ0) is 24.7. The second-order valence-corrected chi connectivity index (χ2v) is 7.04. The van der Waals surface area contributed by atoms with Gasteiger partial charge in [-0.15, -0.1) is 0 Å². The molecule has 1 aromatic carbocycles. The lowest BCUT2D eigenvalue weighted by Crippen LogP contribution is -2.64. The van der Waals surface area contributed by atoms with Gasteiger partial charge in [0.1, 0.15) is 18.4 Å². The molecular weight excluding hydrogens is 444 g/mol. The van der Waals surface area contributed by atoms with Gasteiger partial charge in [-0.05, 0) is 6.07 Å². The Balaban J connectivity index is 2.51. The van der Waals surface area contributed by atoms with Crippen LogP contribution in [0.3, 0.4) is 0 Å². The van der Waals surface area contributed by atoms with Crippen LogP contribution in [-0.4, -0.2) is 66.1 Å². The van der Waals surface area contributed by atoms with E-state index < -0.39 is 66.1 Å². The molecule has 2 rings (SSSR count). The highest BCUT2D eigenvalue weighted by molar-refractivity contribution is 5.69. The lowest BCUT2D eigenvalue weighted by atomic mass is 9.97. The van der Waals surface area contributed by atoms with E-state index in [4.69, 9.17) is 23.7 Å². The van der Waals surface area contributed by atoms with Crippen molar-refractivity contribution in [2.75, 3.05) is 11.9 Å². The summed E-state index contributed by atoms with van der Waals surface area (Å²) in [6.45, 7) is 4.03. The minimum Gasteiger partial charge on any atom is -0.463 e. The number of esters is 4. The monoisotopic (exact) mass is 468 g/mol. The van der Waals surface area contributed by atoms with Gasteiger partial charge in [0.15, 0.2) is 24.5 Å². The number of nitro benzene ring substituents is 1. The molecule has 0 bridgehead atoms. The summed E-state index contributed by atoms with van der Waals surface area (Å²) in [4.78, 5) is 57.5. The lowest BCUT2D eigenvalue weighted by molar-refractivity contribution is -0.384. The zero-order valence-corrected chi connectivity index (χ0v) is 18.3. The Kier molecular flexibility index (Phi) is 8.68. The van der Waals surface area contributed by atoms with Crippen molar-refractivity contribution in [3.8, 4) is 0 Å². The number of carbonyl (C=O) groups excluding carboxylic acids is 4. The molecule has 1 fully saturated rings. The zero-order valence-electron chi connectivity index (χ0n) is 18.3. The van der Waals surface area contributed by atoms with Crippen molar-refractivity contribution in [1.29, 1.82) is 0 Å². The largest absolute Gasteiger partial charge is 0.463 e. The van der Waals surface area contributed by atoms with Crippen molar-refractivity contribution >= 4 is 35.3 Å². The molecule has 1 saturated heterocycles. The Hall–Kier alpha value is -3.74. The Morgan fingerprint density at radius 1 is 0.909 bits per heavy atom. The molecule has 180 valence electrons. The van der Waals surface area contributed by atoms with E-state index in [1.165, 1.54) is 24.3 Å². The summed E-state index contributed by atoms with van der Waals surface area (Å²) in [6.07, 6.45) is -6.58. The predicted octanol–water partition coefficient (Wildman–Crippen LogP) is 1.09. The van der Waals surface area contributed by atoms with Crippen LogP contribution in [0.25, 0.3) is 0 Å². The van der Waals surface area contributed by atoms with Gasteiger partial charge < -0.3 is 29.0 Å². The summed E-state index contributed by atoms with van der Waals surface area (Å²) >= 11 is 0. The average molecular weight is 468 g/mol. The summed E-state index contributed by atoms with van der Waals surface area (Å²) in [7, 11) is 0. The van der Waals surface area contributed by atoms with E-state index in [2.05, 4.69) is 5.32 Å². The maximum atomic E-state index is 11.8. The maximum absolute atomic E-state index is 11.8. The standard InChI is InChI=1S/C20H24N2O11/c1-10(23)29-9-16-17(30-11(2)24)18(31-12(3)25)19(32-13(4)26)20(33-16)21-14-7-5-6-8-15(14)22(27)28/h5-8,16-21H,9H2,1-4H3/t16-,17+,18+,19+,20-/m0/s1.